The van der Waals surface area contributed by atoms with Crippen molar-refractivity contribution in [1.82, 2.24) is 25.1 Å². The highest BCUT2D eigenvalue weighted by atomic mass is 32.2. The molecule has 3 aromatic heterocycles. The first-order valence-corrected chi connectivity index (χ1v) is 13.0. The van der Waals surface area contributed by atoms with E-state index in [1.165, 1.54) is 24.8 Å². The number of benzene rings is 1. The van der Waals surface area contributed by atoms with Crippen molar-refractivity contribution in [3.05, 3.63) is 66.2 Å². The molecule has 2 N–H and O–H groups in total. The van der Waals surface area contributed by atoms with Crippen molar-refractivity contribution in [2.75, 3.05) is 18.4 Å². The van der Waals surface area contributed by atoms with Crippen molar-refractivity contribution >= 4 is 32.3 Å². The molecule has 1 amide bonds. The first-order valence-electron chi connectivity index (χ1n) is 11.5. The molecule has 0 spiro atoms. The maximum atomic E-state index is 13.0. The summed E-state index contributed by atoms with van der Waals surface area (Å²) in [6.07, 6.45) is 6.29. The van der Waals surface area contributed by atoms with Gasteiger partial charge in [0.05, 0.1) is 22.7 Å². The monoisotopic (exact) mass is 490 g/mol. The molecular weight excluding hydrogens is 464 g/mol. The van der Waals surface area contributed by atoms with Gasteiger partial charge in [-0.25, -0.2) is 13.4 Å². The topological polar surface area (TPSA) is 121 Å². The van der Waals surface area contributed by atoms with E-state index in [1.54, 1.807) is 13.8 Å². The van der Waals surface area contributed by atoms with Crippen LogP contribution in [0.4, 0.5) is 5.69 Å². The summed E-state index contributed by atoms with van der Waals surface area (Å²) < 4.78 is 24.5. The highest BCUT2D eigenvalue weighted by molar-refractivity contribution is 7.91. The van der Waals surface area contributed by atoms with Crippen LogP contribution >= 0.6 is 0 Å². The SMILES string of the molecule is CC(C)S(=O)(=O)c1ccc(NC(=O)c2n[nH]c3ccc(-c4cncc(CN5CCC5)c4)cc23)cn1. The predicted molar refractivity (Wildman–Crippen MR) is 134 cm³/mol. The Bertz CT molecular complexity index is 1490. The van der Waals surface area contributed by atoms with E-state index in [-0.39, 0.29) is 10.7 Å². The Morgan fingerprint density at radius 3 is 2.60 bits per heavy atom. The van der Waals surface area contributed by atoms with Crippen LogP contribution in [0.1, 0.15) is 36.3 Å². The van der Waals surface area contributed by atoms with Crippen LogP contribution in [0.2, 0.25) is 0 Å². The molecule has 5 rings (SSSR count). The minimum Gasteiger partial charge on any atom is -0.319 e. The first kappa shape index (κ1) is 23.1. The van der Waals surface area contributed by atoms with Crippen molar-refractivity contribution in [3.63, 3.8) is 0 Å². The zero-order chi connectivity index (χ0) is 24.6. The summed E-state index contributed by atoms with van der Waals surface area (Å²) in [4.78, 5) is 23.8. The highest BCUT2D eigenvalue weighted by Gasteiger charge is 2.21. The maximum absolute atomic E-state index is 13.0. The number of fused-ring (bicyclic) bond motifs is 1. The molecule has 0 unspecified atom stereocenters. The Morgan fingerprint density at radius 1 is 1.09 bits per heavy atom. The van der Waals surface area contributed by atoms with Crippen LogP contribution in [-0.4, -0.2) is 57.7 Å². The molecule has 180 valence electrons. The molecule has 0 atom stereocenters. The molecule has 35 heavy (non-hydrogen) atoms. The van der Waals surface area contributed by atoms with Gasteiger partial charge in [-0.1, -0.05) is 6.07 Å². The van der Waals surface area contributed by atoms with Gasteiger partial charge in [-0.3, -0.25) is 19.8 Å². The van der Waals surface area contributed by atoms with Crippen LogP contribution in [0.25, 0.3) is 22.0 Å². The van der Waals surface area contributed by atoms with E-state index >= 15 is 0 Å². The van der Waals surface area contributed by atoms with E-state index in [4.69, 9.17) is 0 Å². The smallest absolute Gasteiger partial charge is 0.276 e. The number of aromatic nitrogens is 4. The number of hydrogen-bond acceptors (Lipinski definition) is 7. The van der Waals surface area contributed by atoms with Crippen LogP contribution in [0.3, 0.4) is 0 Å². The number of nitrogens with one attached hydrogen (secondary N) is 2. The molecule has 1 aliphatic heterocycles. The van der Waals surface area contributed by atoms with Crippen molar-refractivity contribution in [1.29, 1.82) is 0 Å². The largest absolute Gasteiger partial charge is 0.319 e. The van der Waals surface area contributed by atoms with E-state index in [0.717, 1.165) is 41.8 Å². The van der Waals surface area contributed by atoms with Gasteiger partial charge >= 0.3 is 0 Å². The van der Waals surface area contributed by atoms with Crippen molar-refractivity contribution < 1.29 is 13.2 Å². The third kappa shape index (κ3) is 4.67. The zero-order valence-electron chi connectivity index (χ0n) is 19.5. The molecule has 0 bridgehead atoms. The van der Waals surface area contributed by atoms with Gasteiger partial charge in [0.1, 0.15) is 0 Å². The second kappa shape index (κ2) is 9.20. The maximum Gasteiger partial charge on any atom is 0.276 e. The third-order valence-corrected chi connectivity index (χ3v) is 8.23. The fourth-order valence-corrected chi connectivity index (χ4v) is 4.89. The van der Waals surface area contributed by atoms with Crippen LogP contribution in [-0.2, 0) is 16.4 Å². The van der Waals surface area contributed by atoms with E-state index in [1.807, 2.05) is 30.6 Å². The van der Waals surface area contributed by atoms with E-state index in [9.17, 15) is 13.2 Å². The normalized spacial score (nSPS) is 14.3. The molecule has 0 aliphatic carbocycles. The number of pyridine rings is 2. The Morgan fingerprint density at radius 2 is 1.91 bits per heavy atom. The van der Waals surface area contributed by atoms with Crippen LogP contribution in [0.15, 0.2) is 60.0 Å². The molecule has 1 fully saturated rings. The number of likely N-dealkylation sites (tertiary alicyclic amines) is 1. The molecule has 1 aromatic carbocycles. The minimum absolute atomic E-state index is 0.0229. The highest BCUT2D eigenvalue weighted by Crippen LogP contribution is 2.27. The number of hydrogen-bond donors (Lipinski definition) is 2. The summed E-state index contributed by atoms with van der Waals surface area (Å²) in [5.41, 5.74) is 4.43. The quantitative estimate of drug-likeness (QED) is 0.405. The summed E-state index contributed by atoms with van der Waals surface area (Å²) in [6, 6.07) is 10.8. The van der Waals surface area contributed by atoms with Gasteiger partial charge in [0.2, 0.25) is 0 Å². The Hall–Kier alpha value is -3.63. The predicted octanol–water partition coefficient (Wildman–Crippen LogP) is 3.66. The van der Waals surface area contributed by atoms with Gasteiger partial charge in [0.25, 0.3) is 5.91 Å². The van der Waals surface area contributed by atoms with Crippen molar-refractivity contribution in [2.24, 2.45) is 0 Å². The standard InChI is InChI=1S/C25H26N6O3S/c1-16(2)35(33,34)23-7-5-20(14-27-23)28-25(32)24-21-11-18(4-6-22(21)29-30-24)19-10-17(12-26-13-19)15-31-8-3-9-31/h4-7,10-14,16H,3,8-9,15H2,1-2H3,(H,28,32)(H,29,30). The summed E-state index contributed by atoms with van der Waals surface area (Å²) >= 11 is 0. The van der Waals surface area contributed by atoms with Crippen LogP contribution in [0.5, 0.6) is 0 Å². The molecule has 1 saturated heterocycles. The fourth-order valence-electron chi connectivity index (χ4n) is 3.95. The number of carbonyl (C=O) groups is 1. The van der Waals surface area contributed by atoms with Crippen molar-refractivity contribution in [3.8, 4) is 11.1 Å². The number of amides is 1. The van der Waals surface area contributed by atoms with Gasteiger partial charge in [-0.2, -0.15) is 5.10 Å². The summed E-state index contributed by atoms with van der Waals surface area (Å²) in [7, 11) is -3.48. The lowest BCUT2D eigenvalue weighted by atomic mass is 10.0. The molecule has 1 aliphatic rings. The molecular formula is C25H26N6O3S. The Balaban J connectivity index is 1.38. The lowest BCUT2D eigenvalue weighted by Gasteiger charge is -2.30. The fraction of sp³-hybridized carbons (Fsp3) is 0.280. The third-order valence-electron chi connectivity index (χ3n) is 6.17. The molecule has 4 aromatic rings. The van der Waals surface area contributed by atoms with Gasteiger partial charge in [0, 0.05) is 29.9 Å². The lowest BCUT2D eigenvalue weighted by Crippen LogP contribution is -2.36. The van der Waals surface area contributed by atoms with E-state index < -0.39 is 21.0 Å². The Labute approximate surface area is 203 Å². The number of anilines is 1. The van der Waals surface area contributed by atoms with Gasteiger partial charge < -0.3 is 5.32 Å². The second-order valence-corrected chi connectivity index (χ2v) is 11.4. The van der Waals surface area contributed by atoms with Gasteiger partial charge in [-0.15, -0.1) is 0 Å². The molecule has 0 saturated carbocycles. The lowest BCUT2D eigenvalue weighted by molar-refractivity contribution is 0.102. The molecule has 9 nitrogen and oxygen atoms in total. The van der Waals surface area contributed by atoms with Gasteiger partial charge in [0.15, 0.2) is 20.6 Å². The Kier molecular flexibility index (Phi) is 6.08. The molecule has 0 radical (unpaired) electrons. The van der Waals surface area contributed by atoms with Crippen LogP contribution in [0, 0.1) is 0 Å². The average Bonchev–Trinajstić information content (AvgIpc) is 3.25. The van der Waals surface area contributed by atoms with E-state index in [0.29, 0.717) is 11.1 Å². The minimum atomic E-state index is -3.48. The summed E-state index contributed by atoms with van der Waals surface area (Å²) in [5.74, 6) is -0.417. The number of nitrogens with zero attached hydrogens (tertiary/aromatic N) is 4. The molecule has 10 heteroatoms. The number of aromatic amines is 1. The number of H-pyrrole nitrogens is 1. The van der Waals surface area contributed by atoms with Gasteiger partial charge in [-0.05, 0) is 74.8 Å². The van der Waals surface area contributed by atoms with Crippen LogP contribution < -0.4 is 5.32 Å². The summed E-state index contributed by atoms with van der Waals surface area (Å²) in [6.45, 7) is 6.32. The second-order valence-electron chi connectivity index (χ2n) is 8.98. The zero-order valence-corrected chi connectivity index (χ0v) is 20.3. The number of carbonyl (C=O) groups excluding carboxylic acids is 1. The molecule has 4 heterocycles. The first-order chi connectivity index (χ1) is 16.8. The number of rotatable bonds is 7. The summed E-state index contributed by atoms with van der Waals surface area (Å²) in [5, 5.41) is 9.94. The average molecular weight is 491 g/mol. The van der Waals surface area contributed by atoms with Crippen molar-refractivity contribution in [2.45, 2.75) is 37.1 Å². The number of sulfone groups is 1. The van der Waals surface area contributed by atoms with E-state index in [2.05, 4.69) is 36.4 Å².